The second-order valence-electron chi connectivity index (χ2n) is 6.99. The van der Waals surface area contributed by atoms with E-state index in [1.54, 1.807) is 49.0 Å². The van der Waals surface area contributed by atoms with Crippen LogP contribution in [-0.2, 0) is 16.1 Å². The molecule has 162 valence electrons. The molecule has 0 unspecified atom stereocenters. The van der Waals surface area contributed by atoms with Gasteiger partial charge in [0.05, 0.1) is 0 Å². The molecule has 0 radical (unpaired) electrons. The Labute approximate surface area is 187 Å². The number of amides is 2. The van der Waals surface area contributed by atoms with Crippen LogP contribution in [-0.4, -0.2) is 35.1 Å². The average molecular weight is 451 g/mol. The van der Waals surface area contributed by atoms with Gasteiger partial charge < -0.3 is 10.2 Å². The van der Waals surface area contributed by atoms with Crippen molar-refractivity contribution in [2.75, 3.05) is 12.3 Å². The number of hydrogen-bond acceptors (Lipinski definition) is 3. The minimum Gasteiger partial charge on any atom is -0.354 e. The van der Waals surface area contributed by atoms with Gasteiger partial charge in [0, 0.05) is 40.7 Å². The Morgan fingerprint density at radius 1 is 1.17 bits per heavy atom. The molecule has 0 aliphatic carbocycles. The summed E-state index contributed by atoms with van der Waals surface area (Å²) in [6.45, 7) is 4.35. The molecule has 0 bridgehead atoms. The molecule has 0 aliphatic heterocycles. The third kappa shape index (κ3) is 7.65. The van der Waals surface area contributed by atoms with E-state index in [0.29, 0.717) is 22.9 Å². The van der Waals surface area contributed by atoms with Crippen molar-refractivity contribution in [3.63, 3.8) is 0 Å². The van der Waals surface area contributed by atoms with Gasteiger partial charge in [0.1, 0.15) is 11.9 Å². The smallest absolute Gasteiger partial charge is 0.242 e. The molecule has 2 rings (SSSR count). The summed E-state index contributed by atoms with van der Waals surface area (Å²) in [5.74, 6) is -0.237. The van der Waals surface area contributed by atoms with Crippen molar-refractivity contribution in [3.8, 4) is 0 Å². The summed E-state index contributed by atoms with van der Waals surface area (Å²) in [5, 5.41) is 3.52. The van der Waals surface area contributed by atoms with Crippen LogP contribution in [0.2, 0.25) is 5.02 Å². The van der Waals surface area contributed by atoms with Crippen molar-refractivity contribution < 1.29 is 14.0 Å². The fourth-order valence-corrected chi connectivity index (χ4v) is 3.83. The number of benzene rings is 2. The second kappa shape index (κ2) is 12.6. The molecule has 1 atom stereocenters. The predicted molar refractivity (Wildman–Crippen MR) is 121 cm³/mol. The predicted octanol–water partition coefficient (Wildman–Crippen LogP) is 5.29. The summed E-state index contributed by atoms with van der Waals surface area (Å²) >= 11 is 7.44. The highest BCUT2D eigenvalue weighted by molar-refractivity contribution is 7.99. The maximum atomic E-state index is 14.2. The Balaban J connectivity index is 2.04. The largest absolute Gasteiger partial charge is 0.354 e. The first-order valence-electron chi connectivity index (χ1n) is 10.1. The van der Waals surface area contributed by atoms with Crippen LogP contribution in [0, 0.1) is 5.82 Å². The fraction of sp³-hybridized carbons (Fsp3) is 0.391. The van der Waals surface area contributed by atoms with Crippen molar-refractivity contribution in [2.24, 2.45) is 0 Å². The lowest BCUT2D eigenvalue weighted by molar-refractivity contribution is -0.140. The molecular formula is C23H28ClFN2O2S. The second-order valence-corrected chi connectivity index (χ2v) is 8.59. The molecular weight excluding hydrogens is 423 g/mol. The monoisotopic (exact) mass is 450 g/mol. The number of hydrogen-bond donors (Lipinski definition) is 1. The van der Waals surface area contributed by atoms with E-state index in [2.05, 4.69) is 5.32 Å². The van der Waals surface area contributed by atoms with Crippen LogP contribution < -0.4 is 5.32 Å². The Hall–Kier alpha value is -2.05. The van der Waals surface area contributed by atoms with E-state index in [9.17, 15) is 14.0 Å². The minimum absolute atomic E-state index is 0.0550. The normalized spacial score (nSPS) is 11.7. The van der Waals surface area contributed by atoms with Gasteiger partial charge in [-0.15, -0.1) is 11.8 Å². The van der Waals surface area contributed by atoms with Crippen LogP contribution in [0.4, 0.5) is 4.39 Å². The zero-order valence-corrected chi connectivity index (χ0v) is 18.9. The molecule has 0 aromatic heterocycles. The summed E-state index contributed by atoms with van der Waals surface area (Å²) in [5.41, 5.74) is 0.393. The van der Waals surface area contributed by atoms with E-state index in [1.165, 1.54) is 11.0 Å². The Morgan fingerprint density at radius 2 is 1.87 bits per heavy atom. The van der Waals surface area contributed by atoms with Gasteiger partial charge in [0.25, 0.3) is 0 Å². The van der Waals surface area contributed by atoms with Crippen molar-refractivity contribution in [3.05, 3.63) is 64.9 Å². The van der Waals surface area contributed by atoms with Gasteiger partial charge >= 0.3 is 0 Å². The van der Waals surface area contributed by atoms with Gasteiger partial charge in [-0.25, -0.2) is 4.39 Å². The molecule has 0 saturated carbocycles. The number of thioether (sulfide) groups is 1. The molecule has 0 heterocycles. The lowest BCUT2D eigenvalue weighted by atomic mass is 10.1. The van der Waals surface area contributed by atoms with Crippen molar-refractivity contribution in [1.82, 2.24) is 10.2 Å². The van der Waals surface area contributed by atoms with Gasteiger partial charge in [-0.2, -0.15) is 0 Å². The molecule has 2 aromatic carbocycles. The number of unbranched alkanes of at least 4 members (excludes halogenated alkanes) is 1. The topological polar surface area (TPSA) is 49.4 Å². The maximum Gasteiger partial charge on any atom is 0.242 e. The highest BCUT2D eigenvalue weighted by atomic mass is 35.5. The Kier molecular flexibility index (Phi) is 10.2. The maximum absolute atomic E-state index is 14.2. The van der Waals surface area contributed by atoms with Crippen LogP contribution >= 0.6 is 23.4 Å². The quantitative estimate of drug-likeness (QED) is 0.373. The number of nitrogens with one attached hydrogen (secondary N) is 1. The third-order valence-electron chi connectivity index (χ3n) is 4.69. The van der Waals surface area contributed by atoms with Gasteiger partial charge in [0.15, 0.2) is 0 Å². The van der Waals surface area contributed by atoms with Crippen LogP contribution in [0.15, 0.2) is 53.4 Å². The Morgan fingerprint density at radius 3 is 2.53 bits per heavy atom. The highest BCUT2D eigenvalue weighted by Gasteiger charge is 2.26. The van der Waals surface area contributed by atoms with E-state index in [-0.39, 0.29) is 30.6 Å². The first-order chi connectivity index (χ1) is 14.4. The van der Waals surface area contributed by atoms with Crippen molar-refractivity contribution in [1.29, 1.82) is 0 Å². The van der Waals surface area contributed by atoms with Crippen molar-refractivity contribution in [2.45, 2.75) is 50.6 Å². The van der Waals surface area contributed by atoms with Crippen molar-refractivity contribution >= 4 is 35.2 Å². The molecule has 2 amide bonds. The molecule has 0 fully saturated rings. The van der Waals surface area contributed by atoms with Crippen LogP contribution in [0.25, 0.3) is 0 Å². The lowest BCUT2D eigenvalue weighted by Crippen LogP contribution is -2.48. The molecule has 0 spiro atoms. The Bertz CT molecular complexity index is 832. The zero-order chi connectivity index (χ0) is 21.9. The van der Waals surface area contributed by atoms with E-state index >= 15 is 0 Å². The zero-order valence-electron chi connectivity index (χ0n) is 17.4. The number of carbonyl (C=O) groups excluding carboxylic acids is 2. The summed E-state index contributed by atoms with van der Waals surface area (Å²) in [4.78, 5) is 28.0. The van der Waals surface area contributed by atoms with E-state index in [1.807, 2.05) is 19.1 Å². The van der Waals surface area contributed by atoms with E-state index in [0.717, 1.165) is 17.7 Å². The SMILES string of the molecule is CCCCNC(=O)[C@H](C)N(Cc1ccccc1F)C(=O)CCSc1ccc(Cl)cc1. The first kappa shape index (κ1) is 24.2. The van der Waals surface area contributed by atoms with E-state index in [4.69, 9.17) is 11.6 Å². The molecule has 7 heteroatoms. The third-order valence-corrected chi connectivity index (χ3v) is 5.96. The molecule has 1 N–H and O–H groups in total. The van der Waals surface area contributed by atoms with Crippen LogP contribution in [0.1, 0.15) is 38.7 Å². The first-order valence-corrected chi connectivity index (χ1v) is 11.5. The molecule has 30 heavy (non-hydrogen) atoms. The standard InChI is InChI=1S/C23H28ClFN2O2S/c1-3-4-14-26-23(29)17(2)27(16-18-7-5-6-8-21(18)25)22(28)13-15-30-20-11-9-19(24)10-12-20/h5-12,17H,3-4,13-16H2,1-2H3,(H,26,29)/t17-/m0/s1. The summed E-state index contributed by atoms with van der Waals surface area (Å²) in [6.07, 6.45) is 2.08. The molecule has 2 aromatic rings. The minimum atomic E-state index is -0.686. The molecule has 4 nitrogen and oxygen atoms in total. The number of rotatable bonds is 11. The average Bonchev–Trinajstić information content (AvgIpc) is 2.74. The number of carbonyl (C=O) groups is 2. The molecule has 0 saturated heterocycles. The number of nitrogens with zero attached hydrogens (tertiary/aromatic N) is 1. The summed E-state index contributed by atoms with van der Waals surface area (Å²) in [7, 11) is 0. The van der Waals surface area contributed by atoms with Gasteiger partial charge in [-0.05, 0) is 43.7 Å². The van der Waals surface area contributed by atoms with Crippen LogP contribution in [0.5, 0.6) is 0 Å². The van der Waals surface area contributed by atoms with Gasteiger partial charge in [-0.3, -0.25) is 9.59 Å². The highest BCUT2D eigenvalue weighted by Crippen LogP contribution is 2.22. The van der Waals surface area contributed by atoms with Crippen LogP contribution in [0.3, 0.4) is 0 Å². The molecule has 0 aliphatic rings. The summed E-state index contributed by atoms with van der Waals surface area (Å²) < 4.78 is 14.2. The summed E-state index contributed by atoms with van der Waals surface area (Å²) in [6, 6.07) is 13.1. The van der Waals surface area contributed by atoms with Gasteiger partial charge in [0.2, 0.25) is 11.8 Å². The lowest BCUT2D eigenvalue weighted by Gasteiger charge is -2.29. The van der Waals surface area contributed by atoms with Gasteiger partial charge in [-0.1, -0.05) is 43.1 Å². The fourth-order valence-electron chi connectivity index (χ4n) is 2.86. The number of halogens is 2. The van der Waals surface area contributed by atoms with E-state index < -0.39 is 6.04 Å².